The van der Waals surface area contributed by atoms with Gasteiger partial charge in [0.25, 0.3) is 0 Å². The smallest absolute Gasteiger partial charge is 0.244 e. The highest BCUT2D eigenvalue weighted by atomic mass is 16.5. The van der Waals surface area contributed by atoms with E-state index < -0.39 is 0 Å². The lowest BCUT2D eigenvalue weighted by atomic mass is 9.74. The van der Waals surface area contributed by atoms with E-state index in [0.717, 1.165) is 29.9 Å². The van der Waals surface area contributed by atoms with E-state index in [2.05, 4.69) is 22.7 Å². The first-order valence-electron chi connectivity index (χ1n) is 6.91. The van der Waals surface area contributed by atoms with Gasteiger partial charge in [0.15, 0.2) is 0 Å². The zero-order chi connectivity index (χ0) is 13.9. The van der Waals surface area contributed by atoms with Crippen LogP contribution in [0.2, 0.25) is 0 Å². The highest BCUT2D eigenvalue weighted by Crippen LogP contribution is 2.39. The Bertz CT molecular complexity index is 560. The lowest BCUT2D eigenvalue weighted by Crippen LogP contribution is -2.35. The van der Waals surface area contributed by atoms with Crippen LogP contribution in [0.4, 0.5) is 0 Å². The molecule has 1 saturated carbocycles. The Morgan fingerprint density at radius 3 is 2.90 bits per heavy atom. The number of methoxy groups -OCH3 is 1. The number of hydrogen-bond acceptors (Lipinski definition) is 3. The Hall–Kier alpha value is -2.10. The van der Waals surface area contributed by atoms with Crippen molar-refractivity contribution in [3.63, 3.8) is 0 Å². The van der Waals surface area contributed by atoms with Gasteiger partial charge in [-0.2, -0.15) is 5.10 Å². The average molecular weight is 270 g/mol. The number of hydrazone groups is 1. The highest BCUT2D eigenvalue weighted by molar-refractivity contribution is 5.95. The largest absolute Gasteiger partial charge is 0.497 e. The quantitative estimate of drug-likeness (QED) is 0.674. The molecule has 1 fully saturated rings. The predicted molar refractivity (Wildman–Crippen MR) is 77.6 cm³/mol. The van der Waals surface area contributed by atoms with Crippen LogP contribution in [-0.4, -0.2) is 18.7 Å². The summed E-state index contributed by atoms with van der Waals surface area (Å²) in [5, 5.41) is 4.25. The molecule has 1 N–H and O–H groups in total. The van der Waals surface area contributed by atoms with Crippen LogP contribution in [0.5, 0.6) is 5.75 Å². The summed E-state index contributed by atoms with van der Waals surface area (Å²) in [5.41, 5.74) is 4.75. The van der Waals surface area contributed by atoms with Gasteiger partial charge in [-0.1, -0.05) is 24.3 Å². The molecule has 2 atom stereocenters. The second-order valence-corrected chi connectivity index (χ2v) is 5.30. The van der Waals surface area contributed by atoms with Gasteiger partial charge < -0.3 is 4.74 Å². The van der Waals surface area contributed by atoms with Crippen molar-refractivity contribution in [3.8, 4) is 5.75 Å². The first-order valence-corrected chi connectivity index (χ1v) is 6.91. The zero-order valence-corrected chi connectivity index (χ0v) is 11.5. The topological polar surface area (TPSA) is 50.7 Å². The minimum Gasteiger partial charge on any atom is -0.497 e. The van der Waals surface area contributed by atoms with Crippen molar-refractivity contribution in [2.75, 3.05) is 7.11 Å². The first-order chi connectivity index (χ1) is 9.76. The highest BCUT2D eigenvalue weighted by Gasteiger charge is 2.37. The lowest BCUT2D eigenvalue weighted by Gasteiger charge is -2.31. The van der Waals surface area contributed by atoms with Gasteiger partial charge in [-0.3, -0.25) is 4.79 Å². The normalized spacial score (nSPS) is 25.1. The molecule has 4 nitrogen and oxygen atoms in total. The molecule has 0 bridgehead atoms. The van der Waals surface area contributed by atoms with Gasteiger partial charge in [0.05, 0.1) is 13.5 Å². The van der Waals surface area contributed by atoms with Crippen LogP contribution in [0.25, 0.3) is 0 Å². The summed E-state index contributed by atoms with van der Waals surface area (Å²) in [6, 6.07) is 7.50. The van der Waals surface area contributed by atoms with Crippen molar-refractivity contribution in [1.82, 2.24) is 5.43 Å². The maximum atomic E-state index is 11.8. The third-order valence-corrected chi connectivity index (χ3v) is 4.01. The SMILES string of the molecule is COc1ccc(CC(=O)N/N=C2/CC3C=CCC23)cc1. The fraction of sp³-hybridized carbons (Fsp3) is 0.375. The summed E-state index contributed by atoms with van der Waals surface area (Å²) in [5.74, 6) is 1.92. The molecule has 4 heteroatoms. The molecule has 20 heavy (non-hydrogen) atoms. The number of carbonyl (C=O) groups is 1. The van der Waals surface area contributed by atoms with Gasteiger partial charge >= 0.3 is 0 Å². The molecule has 0 radical (unpaired) electrons. The van der Waals surface area contributed by atoms with Crippen LogP contribution in [-0.2, 0) is 11.2 Å². The summed E-state index contributed by atoms with van der Waals surface area (Å²) in [6.07, 6.45) is 6.86. The van der Waals surface area contributed by atoms with E-state index >= 15 is 0 Å². The number of amides is 1. The fourth-order valence-corrected chi connectivity index (χ4v) is 2.77. The minimum absolute atomic E-state index is 0.0722. The molecule has 2 aliphatic rings. The van der Waals surface area contributed by atoms with E-state index in [9.17, 15) is 4.79 Å². The number of hydrogen-bond donors (Lipinski definition) is 1. The van der Waals surface area contributed by atoms with Gasteiger partial charge in [-0.25, -0.2) is 5.43 Å². The van der Waals surface area contributed by atoms with Crippen molar-refractivity contribution >= 4 is 11.6 Å². The molecule has 0 heterocycles. The van der Waals surface area contributed by atoms with E-state index in [4.69, 9.17) is 4.74 Å². The van der Waals surface area contributed by atoms with Crippen molar-refractivity contribution < 1.29 is 9.53 Å². The molecule has 1 aromatic carbocycles. The molecule has 104 valence electrons. The number of nitrogens with one attached hydrogen (secondary N) is 1. The Labute approximate surface area is 118 Å². The number of carbonyl (C=O) groups excluding carboxylic acids is 1. The van der Waals surface area contributed by atoms with Gasteiger partial charge in [0.1, 0.15) is 5.75 Å². The van der Waals surface area contributed by atoms with E-state index in [1.807, 2.05) is 24.3 Å². The third kappa shape index (κ3) is 2.59. The zero-order valence-electron chi connectivity index (χ0n) is 11.5. The number of fused-ring (bicyclic) bond motifs is 1. The maximum Gasteiger partial charge on any atom is 0.244 e. The molecule has 2 unspecified atom stereocenters. The number of rotatable bonds is 4. The number of allylic oxidation sites excluding steroid dienone is 2. The van der Waals surface area contributed by atoms with Gasteiger partial charge in [-0.05, 0) is 36.5 Å². The monoisotopic (exact) mass is 270 g/mol. The van der Waals surface area contributed by atoms with Crippen LogP contribution >= 0.6 is 0 Å². The van der Waals surface area contributed by atoms with Crippen molar-refractivity contribution in [3.05, 3.63) is 42.0 Å². The van der Waals surface area contributed by atoms with Crippen molar-refractivity contribution in [1.29, 1.82) is 0 Å². The second-order valence-electron chi connectivity index (χ2n) is 5.30. The summed E-state index contributed by atoms with van der Waals surface area (Å²) >= 11 is 0. The molecular formula is C16H18N2O2. The van der Waals surface area contributed by atoms with E-state index in [0.29, 0.717) is 18.3 Å². The van der Waals surface area contributed by atoms with E-state index in [1.54, 1.807) is 7.11 Å². The first kappa shape index (κ1) is 12.9. The second kappa shape index (κ2) is 5.49. The molecule has 0 spiro atoms. The van der Waals surface area contributed by atoms with Gasteiger partial charge in [-0.15, -0.1) is 0 Å². The maximum absolute atomic E-state index is 11.8. The molecule has 3 rings (SSSR count). The number of nitrogens with zero attached hydrogens (tertiary/aromatic N) is 1. The molecule has 0 aliphatic heterocycles. The van der Waals surface area contributed by atoms with E-state index in [-0.39, 0.29) is 5.91 Å². The lowest BCUT2D eigenvalue weighted by molar-refractivity contribution is -0.120. The predicted octanol–water partition coefficient (Wildman–Crippen LogP) is 2.31. The molecule has 0 saturated heterocycles. The van der Waals surface area contributed by atoms with Crippen molar-refractivity contribution in [2.45, 2.75) is 19.3 Å². The van der Waals surface area contributed by atoms with Crippen molar-refractivity contribution in [2.24, 2.45) is 16.9 Å². The number of benzene rings is 1. The Kier molecular flexibility index (Phi) is 3.54. The van der Waals surface area contributed by atoms with Crippen LogP contribution in [0, 0.1) is 11.8 Å². The standard InChI is InChI=1S/C16H18N2O2/c1-20-13-7-5-11(6-8-13)9-16(19)18-17-15-10-12-3-2-4-14(12)15/h2-3,5-8,12,14H,4,9-10H2,1H3,(H,18,19)/b17-15-. The van der Waals surface area contributed by atoms with E-state index in [1.165, 1.54) is 0 Å². The Morgan fingerprint density at radius 2 is 2.20 bits per heavy atom. The molecule has 0 aromatic heterocycles. The molecule has 2 aliphatic carbocycles. The van der Waals surface area contributed by atoms with Crippen LogP contribution < -0.4 is 10.2 Å². The molecule has 1 amide bonds. The molecule has 1 aromatic rings. The summed E-state index contributed by atoms with van der Waals surface area (Å²) in [7, 11) is 1.63. The summed E-state index contributed by atoms with van der Waals surface area (Å²) in [4.78, 5) is 11.8. The van der Waals surface area contributed by atoms with Gasteiger partial charge in [0, 0.05) is 11.6 Å². The third-order valence-electron chi connectivity index (χ3n) is 4.01. The summed E-state index contributed by atoms with van der Waals surface area (Å²) < 4.78 is 5.09. The van der Waals surface area contributed by atoms with Gasteiger partial charge in [0.2, 0.25) is 5.91 Å². The molecular weight excluding hydrogens is 252 g/mol. The van der Waals surface area contributed by atoms with Crippen LogP contribution in [0.1, 0.15) is 18.4 Å². The Morgan fingerprint density at radius 1 is 1.40 bits per heavy atom. The minimum atomic E-state index is -0.0722. The van der Waals surface area contributed by atoms with Crippen LogP contribution in [0.15, 0.2) is 41.5 Å². The fourth-order valence-electron chi connectivity index (χ4n) is 2.77. The average Bonchev–Trinajstić information content (AvgIpc) is 2.81. The Balaban J connectivity index is 1.51. The van der Waals surface area contributed by atoms with Crippen LogP contribution in [0.3, 0.4) is 0 Å². The summed E-state index contributed by atoms with van der Waals surface area (Å²) in [6.45, 7) is 0. The number of ether oxygens (including phenoxy) is 1.